The molecule has 0 saturated heterocycles. The lowest BCUT2D eigenvalue weighted by Crippen LogP contribution is -1.86. The van der Waals surface area contributed by atoms with Gasteiger partial charge >= 0.3 is 0 Å². The Morgan fingerprint density at radius 1 is 0.730 bits per heavy atom. The standard InChI is InChI=1S/C18H32O.C13H12O4S/c1-2-3-4-5-6-7-8-9-10-11-12-13-14-15-16-17-18-19;1-17-11-7-9(15)3-5-13(11)18-12-4-2-8(14)6-10(12)16/h6-7,9-10,18H,2-5,8,11-17H2,1H3;2-7,14-16H,1H3/b7-6-,10-9-;. The van der Waals surface area contributed by atoms with Crippen LogP contribution in [0.2, 0.25) is 0 Å². The molecule has 0 aliphatic carbocycles. The molecule has 0 radical (unpaired) electrons. The Labute approximate surface area is 227 Å². The third-order valence-electron chi connectivity index (χ3n) is 5.58. The third-order valence-corrected chi connectivity index (χ3v) is 6.70. The number of methoxy groups -OCH3 is 1. The van der Waals surface area contributed by atoms with E-state index in [9.17, 15) is 20.1 Å². The van der Waals surface area contributed by atoms with E-state index in [-0.39, 0.29) is 17.2 Å². The Morgan fingerprint density at radius 3 is 1.89 bits per heavy atom. The Balaban J connectivity index is 0.000000370. The van der Waals surface area contributed by atoms with Crippen molar-refractivity contribution in [3.05, 3.63) is 60.7 Å². The van der Waals surface area contributed by atoms with Gasteiger partial charge in [0.25, 0.3) is 0 Å². The summed E-state index contributed by atoms with van der Waals surface area (Å²) >= 11 is 1.29. The second kappa shape index (κ2) is 21.2. The monoisotopic (exact) mass is 528 g/mol. The maximum absolute atomic E-state index is 10.1. The second-order valence-electron chi connectivity index (χ2n) is 8.78. The molecule has 204 valence electrons. The van der Waals surface area contributed by atoms with Crippen molar-refractivity contribution in [3.63, 3.8) is 0 Å². The van der Waals surface area contributed by atoms with Crippen LogP contribution in [0.25, 0.3) is 0 Å². The lowest BCUT2D eigenvalue weighted by molar-refractivity contribution is -0.107. The molecule has 0 aliphatic rings. The van der Waals surface area contributed by atoms with E-state index in [2.05, 4.69) is 31.2 Å². The Hall–Kier alpha value is -2.86. The van der Waals surface area contributed by atoms with E-state index in [1.165, 1.54) is 94.9 Å². The topological polar surface area (TPSA) is 87.0 Å². The molecule has 0 saturated carbocycles. The molecule has 0 bridgehead atoms. The van der Waals surface area contributed by atoms with Crippen molar-refractivity contribution in [1.82, 2.24) is 0 Å². The summed E-state index contributed by atoms with van der Waals surface area (Å²) in [6, 6.07) is 9.12. The molecule has 0 unspecified atom stereocenters. The van der Waals surface area contributed by atoms with Gasteiger partial charge in [-0.3, -0.25) is 0 Å². The van der Waals surface area contributed by atoms with Gasteiger partial charge in [0.1, 0.15) is 29.3 Å². The number of ether oxygens (including phenoxy) is 1. The van der Waals surface area contributed by atoms with Crippen LogP contribution < -0.4 is 4.74 Å². The normalized spacial score (nSPS) is 11.0. The second-order valence-corrected chi connectivity index (χ2v) is 9.86. The number of rotatable bonds is 17. The van der Waals surface area contributed by atoms with Crippen molar-refractivity contribution in [1.29, 1.82) is 0 Å². The van der Waals surface area contributed by atoms with E-state index in [0.29, 0.717) is 10.6 Å². The third kappa shape index (κ3) is 15.8. The number of allylic oxidation sites excluding steroid dienone is 4. The molecule has 2 rings (SSSR count). The average molecular weight is 529 g/mol. The maximum Gasteiger partial charge on any atom is 0.136 e. The fourth-order valence-corrected chi connectivity index (χ4v) is 4.41. The van der Waals surface area contributed by atoms with Crippen molar-refractivity contribution in [2.24, 2.45) is 0 Å². The molecule has 0 atom stereocenters. The van der Waals surface area contributed by atoms with Crippen molar-refractivity contribution in [3.8, 4) is 23.0 Å². The quantitative estimate of drug-likeness (QED) is 0.108. The molecule has 5 nitrogen and oxygen atoms in total. The zero-order chi connectivity index (χ0) is 27.1. The summed E-state index contributed by atoms with van der Waals surface area (Å²) in [5.41, 5.74) is 0. The molecular formula is C31H44O5S. The minimum atomic E-state index is -0.00451. The van der Waals surface area contributed by atoms with Crippen LogP contribution in [0.4, 0.5) is 0 Å². The summed E-state index contributed by atoms with van der Waals surface area (Å²) in [5, 5.41) is 28.3. The molecule has 0 aliphatic heterocycles. The highest BCUT2D eigenvalue weighted by Gasteiger charge is 2.09. The lowest BCUT2D eigenvalue weighted by atomic mass is 10.1. The minimum Gasteiger partial charge on any atom is -0.508 e. The minimum absolute atomic E-state index is 0.00451. The number of hydrogen-bond donors (Lipinski definition) is 3. The van der Waals surface area contributed by atoms with Gasteiger partial charge in [0.05, 0.1) is 16.9 Å². The number of phenolic OH excluding ortho intramolecular Hbond substituents is 3. The van der Waals surface area contributed by atoms with Gasteiger partial charge in [-0.05, 0) is 62.8 Å². The molecule has 37 heavy (non-hydrogen) atoms. The molecule has 2 aromatic rings. The molecule has 0 aromatic heterocycles. The van der Waals surface area contributed by atoms with Crippen LogP contribution in [0.3, 0.4) is 0 Å². The first-order chi connectivity index (χ1) is 18.0. The number of carbonyl (C=O) groups excluding carboxylic acids is 1. The van der Waals surface area contributed by atoms with Gasteiger partial charge in [0, 0.05) is 18.6 Å². The highest BCUT2D eigenvalue weighted by atomic mass is 32.2. The fraction of sp³-hybridized carbons (Fsp3) is 0.452. The summed E-state index contributed by atoms with van der Waals surface area (Å²) in [5.74, 6) is 0.642. The van der Waals surface area contributed by atoms with Crippen LogP contribution in [0, 0.1) is 0 Å². The van der Waals surface area contributed by atoms with Crippen molar-refractivity contribution < 1.29 is 24.9 Å². The molecule has 0 fully saturated rings. The van der Waals surface area contributed by atoms with Gasteiger partial charge in [-0.15, -0.1) is 0 Å². The molecule has 2 aromatic carbocycles. The van der Waals surface area contributed by atoms with Crippen molar-refractivity contribution in [2.75, 3.05) is 7.11 Å². The number of aldehydes is 1. The van der Waals surface area contributed by atoms with E-state index >= 15 is 0 Å². The Morgan fingerprint density at radius 2 is 1.30 bits per heavy atom. The van der Waals surface area contributed by atoms with Gasteiger partial charge in [0.2, 0.25) is 0 Å². The molecule has 3 N–H and O–H groups in total. The first kappa shape index (κ1) is 32.2. The van der Waals surface area contributed by atoms with Crippen LogP contribution >= 0.6 is 11.8 Å². The molecule has 6 heteroatoms. The largest absolute Gasteiger partial charge is 0.508 e. The van der Waals surface area contributed by atoms with E-state index < -0.39 is 0 Å². The van der Waals surface area contributed by atoms with Gasteiger partial charge in [-0.2, -0.15) is 0 Å². The summed E-state index contributed by atoms with van der Waals surface area (Å²) in [6.45, 7) is 2.24. The maximum atomic E-state index is 10.1. The summed E-state index contributed by atoms with van der Waals surface area (Å²) in [6.07, 6.45) is 24.6. The summed E-state index contributed by atoms with van der Waals surface area (Å²) in [7, 11) is 1.51. The van der Waals surface area contributed by atoms with Crippen LogP contribution in [0.15, 0.2) is 70.5 Å². The lowest BCUT2D eigenvalue weighted by Gasteiger charge is -2.09. The zero-order valence-corrected chi connectivity index (χ0v) is 23.2. The van der Waals surface area contributed by atoms with Crippen molar-refractivity contribution in [2.45, 2.75) is 93.8 Å². The number of aromatic hydroxyl groups is 3. The Bertz CT molecular complexity index is 939. The van der Waals surface area contributed by atoms with Crippen LogP contribution in [0.5, 0.6) is 23.0 Å². The average Bonchev–Trinajstić information content (AvgIpc) is 2.89. The predicted molar refractivity (Wildman–Crippen MR) is 154 cm³/mol. The van der Waals surface area contributed by atoms with Gasteiger partial charge < -0.3 is 24.9 Å². The fourth-order valence-electron chi connectivity index (χ4n) is 3.49. The van der Waals surface area contributed by atoms with Crippen LogP contribution in [-0.2, 0) is 4.79 Å². The number of carbonyl (C=O) groups is 1. The summed E-state index contributed by atoms with van der Waals surface area (Å²) in [4.78, 5) is 11.5. The summed E-state index contributed by atoms with van der Waals surface area (Å²) < 4.78 is 5.15. The first-order valence-electron chi connectivity index (χ1n) is 13.3. The van der Waals surface area contributed by atoms with Crippen LogP contribution in [-0.4, -0.2) is 28.7 Å². The first-order valence-corrected chi connectivity index (χ1v) is 14.1. The number of unbranched alkanes of at least 4 members (excludes halogenated alkanes) is 9. The van der Waals surface area contributed by atoms with E-state index in [4.69, 9.17) is 4.74 Å². The highest BCUT2D eigenvalue weighted by molar-refractivity contribution is 7.99. The van der Waals surface area contributed by atoms with E-state index in [1.807, 2.05) is 0 Å². The number of benzene rings is 2. The molecule has 0 spiro atoms. The molecular weight excluding hydrogens is 484 g/mol. The van der Waals surface area contributed by atoms with Crippen LogP contribution in [0.1, 0.15) is 84.0 Å². The zero-order valence-electron chi connectivity index (χ0n) is 22.4. The highest BCUT2D eigenvalue weighted by Crippen LogP contribution is 2.41. The van der Waals surface area contributed by atoms with Crippen molar-refractivity contribution >= 4 is 18.0 Å². The number of hydrogen-bond acceptors (Lipinski definition) is 6. The SMILES string of the molecule is CCCCC/C=C\C/C=C\CCCCCCCC=O.COc1cc(O)ccc1Sc1ccc(O)cc1O. The van der Waals surface area contributed by atoms with Gasteiger partial charge in [0.15, 0.2) is 0 Å². The number of phenols is 3. The predicted octanol–water partition coefficient (Wildman–Crippen LogP) is 8.96. The van der Waals surface area contributed by atoms with E-state index in [1.54, 1.807) is 18.2 Å². The van der Waals surface area contributed by atoms with Gasteiger partial charge in [-0.25, -0.2) is 0 Å². The molecule has 0 heterocycles. The molecule has 0 amide bonds. The smallest absolute Gasteiger partial charge is 0.136 e. The van der Waals surface area contributed by atoms with Gasteiger partial charge in [-0.1, -0.05) is 75.1 Å². The van der Waals surface area contributed by atoms with E-state index in [0.717, 1.165) is 30.4 Å². The Kier molecular flexibility index (Phi) is 18.5.